The van der Waals surface area contributed by atoms with Gasteiger partial charge in [0.15, 0.2) is 0 Å². The SMILES string of the molecule is Cl.NCc1ccc(C(=O)N2CCN(c3cccc(Cl)c3)CC2)cc1. The second-order valence-electron chi connectivity index (χ2n) is 5.66. The third kappa shape index (κ3) is 4.20. The third-order valence-corrected chi connectivity index (χ3v) is 4.41. The van der Waals surface area contributed by atoms with E-state index < -0.39 is 0 Å². The number of hydrogen-bond donors (Lipinski definition) is 1. The molecule has 1 aliphatic heterocycles. The number of rotatable bonds is 3. The van der Waals surface area contributed by atoms with Crippen molar-refractivity contribution in [1.82, 2.24) is 4.90 Å². The molecule has 2 N–H and O–H groups in total. The van der Waals surface area contributed by atoms with Gasteiger partial charge < -0.3 is 15.5 Å². The number of halogens is 2. The number of piperazine rings is 1. The topological polar surface area (TPSA) is 49.6 Å². The Morgan fingerprint density at radius 3 is 2.29 bits per heavy atom. The van der Waals surface area contributed by atoms with Crippen LogP contribution in [0.4, 0.5) is 5.69 Å². The second kappa shape index (κ2) is 8.38. The fraction of sp³-hybridized carbons (Fsp3) is 0.278. The smallest absolute Gasteiger partial charge is 0.253 e. The molecule has 4 nitrogen and oxygen atoms in total. The summed E-state index contributed by atoms with van der Waals surface area (Å²) >= 11 is 6.05. The normalized spacial score (nSPS) is 14.2. The molecule has 0 atom stereocenters. The monoisotopic (exact) mass is 365 g/mol. The van der Waals surface area contributed by atoms with Gasteiger partial charge in [-0.2, -0.15) is 0 Å². The summed E-state index contributed by atoms with van der Waals surface area (Å²) < 4.78 is 0. The van der Waals surface area contributed by atoms with Crippen LogP contribution in [0.15, 0.2) is 48.5 Å². The number of carbonyl (C=O) groups excluding carboxylic acids is 1. The van der Waals surface area contributed by atoms with E-state index in [2.05, 4.69) is 11.0 Å². The van der Waals surface area contributed by atoms with Crippen molar-refractivity contribution in [2.75, 3.05) is 31.1 Å². The van der Waals surface area contributed by atoms with Crippen molar-refractivity contribution in [3.63, 3.8) is 0 Å². The molecule has 0 radical (unpaired) electrons. The highest BCUT2D eigenvalue weighted by Gasteiger charge is 2.22. The Kier molecular flexibility index (Phi) is 6.49. The molecular formula is C18H21Cl2N3O. The average molecular weight is 366 g/mol. The summed E-state index contributed by atoms with van der Waals surface area (Å²) in [6.45, 7) is 3.54. The molecular weight excluding hydrogens is 345 g/mol. The van der Waals surface area contributed by atoms with E-state index in [1.807, 2.05) is 47.4 Å². The number of benzene rings is 2. The van der Waals surface area contributed by atoms with Gasteiger partial charge in [-0.25, -0.2) is 0 Å². The van der Waals surface area contributed by atoms with Gasteiger partial charge in [-0.1, -0.05) is 29.8 Å². The van der Waals surface area contributed by atoms with Crippen molar-refractivity contribution in [3.8, 4) is 0 Å². The molecule has 1 aliphatic rings. The predicted octanol–water partition coefficient (Wildman–Crippen LogP) is 3.18. The van der Waals surface area contributed by atoms with Crippen LogP contribution in [0, 0.1) is 0 Å². The Morgan fingerprint density at radius 2 is 1.71 bits per heavy atom. The highest BCUT2D eigenvalue weighted by molar-refractivity contribution is 6.30. The van der Waals surface area contributed by atoms with E-state index in [1.54, 1.807) is 0 Å². The Balaban J connectivity index is 0.00000208. The minimum absolute atomic E-state index is 0. The number of carbonyl (C=O) groups is 1. The van der Waals surface area contributed by atoms with Gasteiger partial charge in [-0.15, -0.1) is 12.4 Å². The van der Waals surface area contributed by atoms with Gasteiger partial charge in [-0.3, -0.25) is 4.79 Å². The zero-order chi connectivity index (χ0) is 16.2. The van der Waals surface area contributed by atoms with Crippen molar-refractivity contribution >= 4 is 35.6 Å². The van der Waals surface area contributed by atoms with Crippen LogP contribution >= 0.6 is 24.0 Å². The van der Waals surface area contributed by atoms with Crippen LogP contribution in [-0.4, -0.2) is 37.0 Å². The zero-order valence-corrected chi connectivity index (χ0v) is 14.9. The molecule has 2 aromatic rings. The fourth-order valence-electron chi connectivity index (χ4n) is 2.81. The molecule has 0 aliphatic carbocycles. The minimum Gasteiger partial charge on any atom is -0.368 e. The Hall–Kier alpha value is -1.75. The summed E-state index contributed by atoms with van der Waals surface area (Å²) in [6.07, 6.45) is 0. The molecule has 0 saturated carbocycles. The molecule has 128 valence electrons. The molecule has 1 fully saturated rings. The van der Waals surface area contributed by atoms with Crippen molar-refractivity contribution in [3.05, 3.63) is 64.7 Å². The Morgan fingerprint density at radius 1 is 1.04 bits per heavy atom. The first kappa shape index (κ1) is 18.6. The van der Waals surface area contributed by atoms with E-state index >= 15 is 0 Å². The first-order valence-corrected chi connectivity index (χ1v) is 8.14. The van der Waals surface area contributed by atoms with Gasteiger partial charge in [0.2, 0.25) is 0 Å². The molecule has 0 spiro atoms. The lowest BCUT2D eigenvalue weighted by molar-refractivity contribution is 0.0747. The van der Waals surface area contributed by atoms with E-state index in [0.29, 0.717) is 19.6 Å². The van der Waals surface area contributed by atoms with Gasteiger partial charge in [0.1, 0.15) is 0 Å². The quantitative estimate of drug-likeness (QED) is 0.908. The van der Waals surface area contributed by atoms with Crippen molar-refractivity contribution in [2.24, 2.45) is 5.73 Å². The van der Waals surface area contributed by atoms with Gasteiger partial charge in [0, 0.05) is 49.0 Å². The predicted molar refractivity (Wildman–Crippen MR) is 101 cm³/mol. The van der Waals surface area contributed by atoms with Crippen LogP contribution in [0.3, 0.4) is 0 Å². The van der Waals surface area contributed by atoms with Crippen molar-refractivity contribution in [2.45, 2.75) is 6.54 Å². The Labute approximate surface area is 153 Å². The molecule has 24 heavy (non-hydrogen) atoms. The number of nitrogens with two attached hydrogens (primary N) is 1. The lowest BCUT2D eigenvalue weighted by Crippen LogP contribution is -2.48. The zero-order valence-electron chi connectivity index (χ0n) is 13.3. The van der Waals surface area contributed by atoms with Crippen LogP contribution in [0.25, 0.3) is 0 Å². The van der Waals surface area contributed by atoms with Crippen LogP contribution in [0.5, 0.6) is 0 Å². The molecule has 0 aromatic heterocycles. The maximum atomic E-state index is 12.6. The van der Waals surface area contributed by atoms with Gasteiger partial charge in [0.25, 0.3) is 5.91 Å². The summed E-state index contributed by atoms with van der Waals surface area (Å²) in [5.74, 6) is 0.0827. The maximum absolute atomic E-state index is 12.6. The fourth-order valence-corrected chi connectivity index (χ4v) is 2.99. The highest BCUT2D eigenvalue weighted by atomic mass is 35.5. The van der Waals surface area contributed by atoms with Crippen molar-refractivity contribution < 1.29 is 4.79 Å². The van der Waals surface area contributed by atoms with Crippen LogP contribution in [0.1, 0.15) is 15.9 Å². The molecule has 2 aromatic carbocycles. The van der Waals surface area contributed by atoms with Crippen LogP contribution < -0.4 is 10.6 Å². The average Bonchev–Trinajstić information content (AvgIpc) is 2.61. The highest BCUT2D eigenvalue weighted by Crippen LogP contribution is 2.21. The summed E-state index contributed by atoms with van der Waals surface area (Å²) in [6, 6.07) is 15.4. The third-order valence-electron chi connectivity index (χ3n) is 4.18. The largest absolute Gasteiger partial charge is 0.368 e. The van der Waals surface area contributed by atoms with E-state index in [-0.39, 0.29) is 18.3 Å². The lowest BCUT2D eigenvalue weighted by atomic mass is 10.1. The number of amides is 1. The molecule has 1 saturated heterocycles. The summed E-state index contributed by atoms with van der Waals surface area (Å²) in [7, 11) is 0. The van der Waals surface area contributed by atoms with Gasteiger partial charge in [-0.05, 0) is 35.9 Å². The second-order valence-corrected chi connectivity index (χ2v) is 6.10. The molecule has 3 rings (SSSR count). The van der Waals surface area contributed by atoms with Gasteiger partial charge in [0.05, 0.1) is 0 Å². The minimum atomic E-state index is 0. The van der Waals surface area contributed by atoms with E-state index in [1.165, 1.54) is 0 Å². The lowest BCUT2D eigenvalue weighted by Gasteiger charge is -2.36. The number of hydrogen-bond acceptors (Lipinski definition) is 3. The van der Waals surface area contributed by atoms with Crippen LogP contribution in [0.2, 0.25) is 5.02 Å². The summed E-state index contributed by atoms with van der Waals surface area (Å²) in [5, 5.41) is 0.737. The molecule has 1 amide bonds. The van der Waals surface area contributed by atoms with E-state index in [4.69, 9.17) is 17.3 Å². The molecule has 6 heteroatoms. The molecule has 0 bridgehead atoms. The summed E-state index contributed by atoms with van der Waals surface area (Å²) in [4.78, 5) is 16.7. The standard InChI is InChI=1S/C18H20ClN3O.ClH/c19-16-2-1-3-17(12-16)21-8-10-22(11-9-21)18(23)15-6-4-14(13-20)5-7-15;/h1-7,12H,8-11,13,20H2;1H. The van der Waals surface area contributed by atoms with E-state index in [0.717, 1.165) is 34.9 Å². The number of nitrogens with zero attached hydrogens (tertiary/aromatic N) is 2. The van der Waals surface area contributed by atoms with Crippen molar-refractivity contribution in [1.29, 1.82) is 0 Å². The first-order chi connectivity index (χ1) is 11.2. The first-order valence-electron chi connectivity index (χ1n) is 7.76. The number of anilines is 1. The maximum Gasteiger partial charge on any atom is 0.253 e. The Bertz CT molecular complexity index is 683. The van der Waals surface area contributed by atoms with Gasteiger partial charge >= 0.3 is 0 Å². The summed E-state index contributed by atoms with van der Waals surface area (Å²) in [5.41, 5.74) is 8.45. The van der Waals surface area contributed by atoms with E-state index in [9.17, 15) is 4.79 Å². The van der Waals surface area contributed by atoms with Crippen LogP contribution in [-0.2, 0) is 6.54 Å². The molecule has 0 unspecified atom stereocenters. The molecule has 1 heterocycles.